The van der Waals surface area contributed by atoms with Crippen molar-refractivity contribution in [2.75, 3.05) is 5.32 Å². The van der Waals surface area contributed by atoms with E-state index < -0.39 is 0 Å². The van der Waals surface area contributed by atoms with Gasteiger partial charge < -0.3 is 10.2 Å². The molecule has 0 spiro atoms. The van der Waals surface area contributed by atoms with Crippen molar-refractivity contribution in [1.82, 2.24) is 35.2 Å². The first-order valence-corrected chi connectivity index (χ1v) is 9.62. The van der Waals surface area contributed by atoms with Gasteiger partial charge in [-0.3, -0.25) is 0 Å². The molecule has 0 saturated heterocycles. The molecule has 3 heterocycles. The van der Waals surface area contributed by atoms with E-state index in [9.17, 15) is 0 Å². The molecule has 0 bridgehead atoms. The van der Waals surface area contributed by atoms with Gasteiger partial charge in [0.1, 0.15) is 5.82 Å². The Morgan fingerprint density at radius 2 is 1.77 bits per heavy atom. The molecule has 3 aromatic heterocycles. The largest absolute Gasteiger partial charge is 0.389 e. The number of oxime groups is 1. The van der Waals surface area contributed by atoms with Crippen LogP contribution < -0.4 is 5.32 Å². The molecule has 0 amide bonds. The standard InChI is InChI=1S/C21H21N9O/c1-14-12-15(2)23-21(22-14)25-18-11-7-10-17(24-18)13-31-27-19(16-8-5-4-6-9-16)20-26-28-29-30(20)3/h4-12H,13H2,1-3H3,(H,22,23,24,25)/b27-19-. The highest BCUT2D eigenvalue weighted by Crippen LogP contribution is 2.13. The molecule has 0 radical (unpaired) electrons. The Labute approximate surface area is 179 Å². The summed E-state index contributed by atoms with van der Waals surface area (Å²) in [5.74, 6) is 1.62. The second-order valence-electron chi connectivity index (χ2n) is 6.82. The zero-order valence-corrected chi connectivity index (χ0v) is 17.4. The highest BCUT2D eigenvalue weighted by atomic mass is 16.6. The summed E-state index contributed by atoms with van der Waals surface area (Å²) >= 11 is 0. The molecule has 10 nitrogen and oxygen atoms in total. The minimum atomic E-state index is 0.171. The summed E-state index contributed by atoms with van der Waals surface area (Å²) in [4.78, 5) is 18.9. The molecule has 10 heteroatoms. The minimum absolute atomic E-state index is 0.171. The minimum Gasteiger partial charge on any atom is -0.389 e. The summed E-state index contributed by atoms with van der Waals surface area (Å²) in [6, 6.07) is 17.1. The van der Waals surface area contributed by atoms with Gasteiger partial charge in [0.25, 0.3) is 0 Å². The third kappa shape index (κ3) is 5.04. The van der Waals surface area contributed by atoms with Crippen molar-refractivity contribution in [3.63, 3.8) is 0 Å². The third-order valence-corrected chi connectivity index (χ3v) is 4.28. The molecular weight excluding hydrogens is 394 g/mol. The topological polar surface area (TPSA) is 116 Å². The highest BCUT2D eigenvalue weighted by Gasteiger charge is 2.14. The van der Waals surface area contributed by atoms with E-state index in [1.165, 1.54) is 0 Å². The molecular formula is C21H21N9O. The number of benzene rings is 1. The Morgan fingerprint density at radius 3 is 2.48 bits per heavy atom. The number of hydrogen-bond acceptors (Lipinski definition) is 9. The molecule has 0 aliphatic carbocycles. The maximum absolute atomic E-state index is 5.62. The number of hydrogen-bond donors (Lipinski definition) is 1. The van der Waals surface area contributed by atoms with Crippen LogP contribution >= 0.6 is 0 Å². The van der Waals surface area contributed by atoms with Crippen molar-refractivity contribution in [2.45, 2.75) is 20.5 Å². The van der Waals surface area contributed by atoms with Gasteiger partial charge in [-0.2, -0.15) is 0 Å². The van der Waals surface area contributed by atoms with Crippen molar-refractivity contribution >= 4 is 17.5 Å². The lowest BCUT2D eigenvalue weighted by molar-refractivity contribution is 0.128. The van der Waals surface area contributed by atoms with Gasteiger partial charge in [-0.15, -0.1) is 5.10 Å². The van der Waals surface area contributed by atoms with Crippen LogP contribution in [0.4, 0.5) is 11.8 Å². The fraction of sp³-hybridized carbons (Fsp3) is 0.190. The molecule has 1 N–H and O–H groups in total. The van der Waals surface area contributed by atoms with Crippen LogP contribution in [0.15, 0.2) is 59.8 Å². The first-order valence-electron chi connectivity index (χ1n) is 9.62. The van der Waals surface area contributed by atoms with Crippen molar-refractivity contribution in [3.8, 4) is 0 Å². The predicted molar refractivity (Wildman–Crippen MR) is 115 cm³/mol. The van der Waals surface area contributed by atoms with E-state index in [1.807, 2.05) is 68.4 Å². The van der Waals surface area contributed by atoms with E-state index in [4.69, 9.17) is 4.84 Å². The van der Waals surface area contributed by atoms with Crippen LogP contribution in [0.5, 0.6) is 0 Å². The van der Waals surface area contributed by atoms with Gasteiger partial charge in [0.05, 0.1) is 5.69 Å². The molecule has 0 aliphatic rings. The molecule has 4 aromatic rings. The summed E-state index contributed by atoms with van der Waals surface area (Å²) in [5.41, 5.74) is 3.84. The predicted octanol–water partition coefficient (Wildman–Crippen LogP) is 2.72. The average molecular weight is 415 g/mol. The highest BCUT2D eigenvalue weighted by molar-refractivity contribution is 6.10. The number of nitrogens with one attached hydrogen (secondary N) is 1. The summed E-state index contributed by atoms with van der Waals surface area (Å²) in [6.45, 7) is 4.02. The molecule has 0 fully saturated rings. The lowest BCUT2D eigenvalue weighted by Gasteiger charge is -2.08. The molecule has 156 valence electrons. The number of rotatable bonds is 7. The lowest BCUT2D eigenvalue weighted by Crippen LogP contribution is -2.12. The maximum Gasteiger partial charge on any atom is 0.228 e. The molecule has 0 atom stereocenters. The second kappa shape index (κ2) is 9.08. The average Bonchev–Trinajstić information content (AvgIpc) is 3.17. The van der Waals surface area contributed by atoms with Crippen LogP contribution in [0, 0.1) is 13.8 Å². The second-order valence-corrected chi connectivity index (χ2v) is 6.82. The van der Waals surface area contributed by atoms with Gasteiger partial charge in [0, 0.05) is 24.0 Å². The maximum atomic E-state index is 5.62. The van der Waals surface area contributed by atoms with E-state index in [1.54, 1.807) is 11.7 Å². The van der Waals surface area contributed by atoms with E-state index in [2.05, 4.69) is 40.9 Å². The van der Waals surface area contributed by atoms with Crippen LogP contribution in [0.2, 0.25) is 0 Å². The molecule has 4 rings (SSSR count). The van der Waals surface area contributed by atoms with Crippen molar-refractivity contribution < 1.29 is 4.84 Å². The number of pyridine rings is 1. The molecule has 1 aromatic carbocycles. The molecule has 0 aliphatic heterocycles. The Kier molecular flexibility index (Phi) is 5.88. The Morgan fingerprint density at radius 1 is 1.00 bits per heavy atom. The summed E-state index contributed by atoms with van der Waals surface area (Å²) < 4.78 is 1.54. The first-order chi connectivity index (χ1) is 15.1. The first kappa shape index (κ1) is 20.1. The van der Waals surface area contributed by atoms with Gasteiger partial charge in [-0.05, 0) is 42.5 Å². The van der Waals surface area contributed by atoms with Crippen LogP contribution in [0.1, 0.15) is 28.5 Å². The summed E-state index contributed by atoms with van der Waals surface area (Å²) in [6.07, 6.45) is 0. The monoisotopic (exact) mass is 415 g/mol. The molecule has 31 heavy (non-hydrogen) atoms. The van der Waals surface area contributed by atoms with Crippen LogP contribution in [-0.4, -0.2) is 40.9 Å². The summed E-state index contributed by atoms with van der Waals surface area (Å²) in [7, 11) is 1.75. The number of aromatic nitrogens is 7. The van der Waals surface area contributed by atoms with Crippen LogP contribution in [0.25, 0.3) is 0 Å². The van der Waals surface area contributed by atoms with E-state index in [-0.39, 0.29) is 6.61 Å². The van der Waals surface area contributed by atoms with Gasteiger partial charge in [0.15, 0.2) is 12.3 Å². The van der Waals surface area contributed by atoms with Gasteiger partial charge in [0.2, 0.25) is 11.8 Å². The fourth-order valence-electron chi connectivity index (χ4n) is 2.94. The van der Waals surface area contributed by atoms with E-state index >= 15 is 0 Å². The quantitative estimate of drug-likeness (QED) is 0.362. The zero-order valence-electron chi connectivity index (χ0n) is 17.4. The number of anilines is 2. The lowest BCUT2D eigenvalue weighted by atomic mass is 10.1. The Hall–Kier alpha value is -4.21. The van der Waals surface area contributed by atoms with Crippen molar-refractivity contribution in [2.24, 2.45) is 12.2 Å². The van der Waals surface area contributed by atoms with Gasteiger partial charge in [-0.25, -0.2) is 19.6 Å². The van der Waals surface area contributed by atoms with Crippen molar-refractivity contribution in [1.29, 1.82) is 0 Å². The van der Waals surface area contributed by atoms with Crippen molar-refractivity contribution in [3.05, 3.63) is 83.1 Å². The van der Waals surface area contributed by atoms with Crippen LogP contribution in [0.3, 0.4) is 0 Å². The van der Waals surface area contributed by atoms with E-state index in [0.29, 0.717) is 29.0 Å². The normalized spacial score (nSPS) is 11.4. The SMILES string of the molecule is Cc1cc(C)nc(Nc2cccc(CO/N=C(/c3ccccc3)c3nnnn3C)n2)n1. The Balaban J connectivity index is 1.51. The molecule has 0 unspecified atom stereocenters. The zero-order chi connectivity index (χ0) is 21.6. The third-order valence-electron chi connectivity index (χ3n) is 4.28. The fourth-order valence-corrected chi connectivity index (χ4v) is 2.94. The van der Waals surface area contributed by atoms with Gasteiger partial charge in [-0.1, -0.05) is 41.6 Å². The number of aryl methyl sites for hydroxylation is 3. The van der Waals surface area contributed by atoms with Gasteiger partial charge >= 0.3 is 0 Å². The Bertz CT molecular complexity index is 1180. The smallest absolute Gasteiger partial charge is 0.228 e. The number of tetrazole rings is 1. The number of nitrogens with zero attached hydrogens (tertiary/aromatic N) is 8. The van der Waals surface area contributed by atoms with Crippen LogP contribution in [-0.2, 0) is 18.5 Å². The molecule has 0 saturated carbocycles. The van der Waals surface area contributed by atoms with E-state index in [0.717, 1.165) is 17.0 Å². The summed E-state index contributed by atoms with van der Waals surface area (Å²) in [5, 5.41) is 19.0.